The molecule has 14 nitrogen and oxygen atoms in total. The van der Waals surface area contributed by atoms with Crippen molar-refractivity contribution in [2.24, 2.45) is 5.16 Å². The van der Waals surface area contributed by atoms with Gasteiger partial charge in [0, 0.05) is 40.9 Å². The third-order valence-corrected chi connectivity index (χ3v) is 14.8. The van der Waals surface area contributed by atoms with E-state index in [1.807, 2.05) is 179 Å². The molecule has 4 heterocycles. The van der Waals surface area contributed by atoms with Crippen LogP contribution in [0.15, 0.2) is 185 Å². The molecule has 0 spiro atoms. The number of oxime groups is 1. The zero-order valence-corrected chi connectivity index (χ0v) is 45.4. The second kappa shape index (κ2) is 22.7. The second-order valence-electron chi connectivity index (χ2n) is 20.3. The minimum Gasteiger partial charge on any atom is -0.469 e. The number of anilines is 1. The summed E-state index contributed by atoms with van der Waals surface area (Å²) in [6.45, 7) is 11.6. The van der Waals surface area contributed by atoms with Gasteiger partial charge >= 0.3 is 12.2 Å². The predicted molar refractivity (Wildman–Crippen MR) is 300 cm³/mol. The highest BCUT2D eigenvalue weighted by atomic mass is 32.2. The molecule has 0 aliphatic carbocycles. The first kappa shape index (κ1) is 53.2. The number of ether oxygens (including phenoxy) is 3. The highest BCUT2D eigenvalue weighted by molar-refractivity contribution is 8.00. The van der Waals surface area contributed by atoms with Crippen molar-refractivity contribution in [2.75, 3.05) is 24.2 Å². The molecular weight excluding hydrogens is 1020 g/mol. The van der Waals surface area contributed by atoms with E-state index in [0.29, 0.717) is 31.0 Å². The number of hydrogen-bond donors (Lipinski definition) is 2. The highest BCUT2D eigenvalue weighted by Gasteiger charge is 2.54. The Labute approximate surface area is 456 Å². The van der Waals surface area contributed by atoms with Gasteiger partial charge in [-0.15, -0.1) is 23.1 Å². The minimum absolute atomic E-state index is 0.0745. The molecule has 2 fully saturated rings. The monoisotopic (exact) mass is 1070 g/mol. The standard InChI is InChI=1S/C59H58N6O8S3/c1-57(2,3)71-55(68)62-54-60-45(37-76-54)46(63-73-59(42-26-16-9-17-27-42,43-28-18-10-19-29-43)44-30-20-11-21-31-44)50(66)61-47-51(67)65-48(53(74)70-49(39-22-12-7-13-23-39)40-24-14-8-15-25-40)41(36-75-52(47)65)34-38-32-33-64(35-38)56(69)72-58(4,5)6/h7-31,34,37,47,49,52H,32-33,35-36H2,1-6H3,(H,61,66)(H,60,62,68)/b38-34?,63-46-/t47?,52-/m1/s1. The van der Waals surface area contributed by atoms with Crippen LogP contribution in [0.25, 0.3) is 0 Å². The van der Waals surface area contributed by atoms with Gasteiger partial charge in [-0.05, 0) is 82.5 Å². The number of nitrogens with one attached hydrogen (secondary N) is 2. The summed E-state index contributed by atoms with van der Waals surface area (Å²) in [6, 6.07) is 47.1. The van der Waals surface area contributed by atoms with Crippen LogP contribution in [0.3, 0.4) is 0 Å². The molecule has 3 aliphatic heterocycles. The van der Waals surface area contributed by atoms with Crippen LogP contribution in [-0.2, 0) is 34.2 Å². The van der Waals surface area contributed by atoms with E-state index in [2.05, 4.69) is 15.6 Å². The fraction of sp³-hybridized carbons (Fsp3) is 0.271. The van der Waals surface area contributed by atoms with Crippen molar-refractivity contribution in [1.82, 2.24) is 20.1 Å². The first-order valence-electron chi connectivity index (χ1n) is 24.8. The number of carbonyl (C=O) groups excluding carboxylic acids is 4. The number of nitrogens with zero attached hydrogens (tertiary/aromatic N) is 4. The van der Waals surface area contributed by atoms with Gasteiger partial charge in [0.1, 0.15) is 40.1 Å². The normalized spacial score (nSPS) is 17.4. The number of thioether (sulfide) groups is 1. The first-order chi connectivity index (χ1) is 36.5. The molecule has 3 aliphatic rings. The molecule has 2 saturated heterocycles. The van der Waals surface area contributed by atoms with E-state index in [4.69, 9.17) is 36.4 Å². The number of thiazole rings is 1. The van der Waals surface area contributed by atoms with Gasteiger partial charge in [-0.3, -0.25) is 19.8 Å². The summed E-state index contributed by atoms with van der Waals surface area (Å²) >= 11 is 8.75. The molecule has 0 bridgehead atoms. The van der Waals surface area contributed by atoms with E-state index in [0.717, 1.165) is 50.3 Å². The Bertz CT molecular complexity index is 3040. The van der Waals surface area contributed by atoms with Crippen LogP contribution in [0, 0.1) is 0 Å². The number of hydrogen-bond acceptors (Lipinski definition) is 13. The molecule has 17 heteroatoms. The van der Waals surface area contributed by atoms with Crippen molar-refractivity contribution < 1.29 is 38.2 Å². The number of benzene rings is 5. The van der Waals surface area contributed by atoms with Crippen molar-refractivity contribution in [3.63, 3.8) is 0 Å². The predicted octanol–water partition coefficient (Wildman–Crippen LogP) is 11.6. The fourth-order valence-electron chi connectivity index (χ4n) is 9.05. The van der Waals surface area contributed by atoms with Gasteiger partial charge in [-0.2, -0.15) is 0 Å². The van der Waals surface area contributed by atoms with Crippen LogP contribution in [0.2, 0.25) is 0 Å². The van der Waals surface area contributed by atoms with E-state index >= 15 is 4.79 Å². The lowest BCUT2D eigenvalue weighted by Crippen LogP contribution is -2.71. The van der Waals surface area contributed by atoms with Crippen LogP contribution in [-0.4, -0.2) is 91.0 Å². The van der Waals surface area contributed by atoms with Crippen LogP contribution >= 0.6 is 35.3 Å². The number of β-lactam (4-membered cyclic amide) rings is 1. The van der Waals surface area contributed by atoms with Crippen LogP contribution in [0.1, 0.15) is 87.6 Å². The number of likely N-dealkylation sites (tertiary alicyclic amines) is 1. The molecule has 1 unspecified atom stereocenters. The fourth-order valence-corrected chi connectivity index (χ4v) is 11.4. The van der Waals surface area contributed by atoms with Gasteiger partial charge in [-0.25, -0.2) is 14.6 Å². The lowest BCUT2D eigenvalue weighted by atomic mass is 9.80. The number of amides is 4. The highest BCUT2D eigenvalue weighted by Crippen LogP contribution is 2.44. The zero-order valence-electron chi connectivity index (χ0n) is 42.9. The minimum atomic E-state index is -1.38. The summed E-state index contributed by atoms with van der Waals surface area (Å²) in [5.74, 6) is -0.798. The van der Waals surface area contributed by atoms with E-state index < -0.39 is 58.3 Å². The Morgan fingerprint density at radius 3 is 1.82 bits per heavy atom. The summed E-state index contributed by atoms with van der Waals surface area (Å²) in [6.07, 6.45) is 0.845. The third-order valence-electron chi connectivity index (χ3n) is 12.4. The van der Waals surface area contributed by atoms with E-state index in [1.165, 1.54) is 11.8 Å². The van der Waals surface area contributed by atoms with Crippen LogP contribution in [0.5, 0.6) is 0 Å². The first-order valence-corrected chi connectivity index (χ1v) is 27.2. The van der Waals surface area contributed by atoms with Crippen LogP contribution < -0.4 is 10.6 Å². The van der Waals surface area contributed by atoms with Crippen molar-refractivity contribution in [3.05, 3.63) is 213 Å². The van der Waals surface area contributed by atoms with Crippen molar-refractivity contribution in [1.29, 1.82) is 0 Å². The molecule has 2 atom stereocenters. The number of allylic oxidation sites excluding steroid dienone is 1. The Morgan fingerprint density at radius 1 is 0.763 bits per heavy atom. The maximum absolute atomic E-state index is 15.1. The molecule has 2 N–H and O–H groups in total. The van der Waals surface area contributed by atoms with E-state index in [-0.39, 0.29) is 21.6 Å². The Kier molecular flexibility index (Phi) is 15.9. The molecule has 0 radical (unpaired) electrons. The average Bonchev–Trinajstić information content (AvgIpc) is 4.17. The molecule has 0 saturated carbocycles. The Hall–Kier alpha value is -7.60. The van der Waals surface area contributed by atoms with Crippen molar-refractivity contribution in [3.8, 4) is 0 Å². The van der Waals surface area contributed by atoms with E-state index in [1.54, 1.807) is 36.0 Å². The average molecular weight is 1080 g/mol. The largest absolute Gasteiger partial charge is 0.469 e. The Morgan fingerprint density at radius 2 is 1.29 bits per heavy atom. The third kappa shape index (κ3) is 12.1. The lowest BCUT2D eigenvalue weighted by molar-refractivity contribution is -0.144. The van der Waals surface area contributed by atoms with Gasteiger partial charge in [0.25, 0.3) is 11.8 Å². The van der Waals surface area contributed by atoms with Crippen LogP contribution in [0.4, 0.5) is 14.7 Å². The zero-order chi connectivity index (χ0) is 53.6. The summed E-state index contributed by atoms with van der Waals surface area (Å²) in [4.78, 5) is 70.8. The molecule has 76 heavy (non-hydrogen) atoms. The smallest absolute Gasteiger partial charge is 0.413 e. The number of aromatic nitrogens is 1. The van der Waals surface area contributed by atoms with Gasteiger partial charge in [0.15, 0.2) is 10.8 Å². The maximum Gasteiger partial charge on any atom is 0.413 e. The second-order valence-corrected chi connectivity index (χ2v) is 22.6. The maximum atomic E-state index is 15.1. The summed E-state index contributed by atoms with van der Waals surface area (Å²) in [5, 5.41) is 11.5. The molecule has 390 valence electrons. The molecule has 4 amide bonds. The number of rotatable bonds is 14. The van der Waals surface area contributed by atoms with Gasteiger partial charge in [0.2, 0.25) is 10.7 Å². The van der Waals surface area contributed by atoms with Gasteiger partial charge < -0.3 is 29.3 Å². The molecule has 6 aromatic rings. The molecule has 5 aromatic carbocycles. The van der Waals surface area contributed by atoms with Gasteiger partial charge in [-0.1, -0.05) is 163 Å². The lowest BCUT2D eigenvalue weighted by Gasteiger charge is -2.50. The van der Waals surface area contributed by atoms with E-state index in [9.17, 15) is 14.4 Å². The quantitative estimate of drug-likeness (QED) is 0.0351. The molecule has 9 rings (SSSR count). The summed E-state index contributed by atoms with van der Waals surface area (Å²) in [7, 11) is 0. The molecular formula is C59H58N6O8S3. The topological polar surface area (TPSA) is 161 Å². The SMILES string of the molecule is CC(C)(C)OC(=O)Nc1nc(/C(=N/OC(c2ccccc2)(c2ccccc2)c2ccccc2)C(=O)NC2C(=O)N3C(C(=S)OC(c4ccccc4)c4ccccc4)=C(C=C4CCN(C(=O)OC(C)(C)C)C4)CS[C@H]23)cs1. The van der Waals surface area contributed by atoms with Crippen molar-refractivity contribution >= 4 is 75.2 Å². The number of carbonyl (C=O) groups is 4. The number of thiocarbonyl (C=S) groups is 1. The molecule has 1 aromatic heterocycles. The number of fused-ring (bicyclic) bond motifs is 1. The summed E-state index contributed by atoms with van der Waals surface area (Å²) < 4.78 is 18.0. The summed E-state index contributed by atoms with van der Waals surface area (Å²) in [5.41, 5.74) is 3.01. The van der Waals surface area contributed by atoms with Crippen molar-refractivity contribution in [2.45, 2.75) is 82.3 Å². The van der Waals surface area contributed by atoms with Gasteiger partial charge in [0.05, 0.1) is 0 Å². The Balaban J connectivity index is 1.07.